The first-order valence-corrected chi connectivity index (χ1v) is 7.74. The molecule has 2 aliphatic rings. The molecule has 0 aromatic carbocycles. The number of hydrogen-bond donors (Lipinski definition) is 1. The maximum absolute atomic E-state index is 5.87. The van der Waals surface area contributed by atoms with Gasteiger partial charge in [-0.05, 0) is 50.7 Å². The molecule has 3 atom stereocenters. The molecule has 19 heavy (non-hydrogen) atoms. The van der Waals surface area contributed by atoms with E-state index in [0.29, 0.717) is 0 Å². The second-order valence-corrected chi connectivity index (χ2v) is 6.18. The molecule has 1 saturated carbocycles. The average molecular weight is 259 g/mol. The molecule has 2 unspecified atom stereocenters. The minimum absolute atomic E-state index is 0.0258. The van der Waals surface area contributed by atoms with Gasteiger partial charge in [0.05, 0.1) is 17.6 Å². The molecule has 0 bridgehead atoms. The van der Waals surface area contributed by atoms with Crippen molar-refractivity contribution in [1.29, 1.82) is 0 Å². The quantitative estimate of drug-likeness (QED) is 0.886. The summed E-state index contributed by atoms with van der Waals surface area (Å²) in [7, 11) is 0. The first-order valence-electron chi connectivity index (χ1n) is 7.74. The van der Waals surface area contributed by atoms with E-state index in [1.807, 2.05) is 13.1 Å². The van der Waals surface area contributed by atoms with Crippen LogP contribution in [0.2, 0.25) is 0 Å². The monoisotopic (exact) mass is 259 g/mol. The Morgan fingerprint density at radius 3 is 2.74 bits per heavy atom. The van der Waals surface area contributed by atoms with Gasteiger partial charge < -0.3 is 10.6 Å². The van der Waals surface area contributed by atoms with E-state index in [2.05, 4.69) is 22.0 Å². The number of aromatic nitrogens is 1. The summed E-state index contributed by atoms with van der Waals surface area (Å²) in [4.78, 5) is 7.13. The van der Waals surface area contributed by atoms with Gasteiger partial charge in [0.2, 0.25) is 0 Å². The molecule has 0 radical (unpaired) electrons. The van der Waals surface area contributed by atoms with Gasteiger partial charge in [-0.2, -0.15) is 0 Å². The zero-order valence-electron chi connectivity index (χ0n) is 11.9. The highest BCUT2D eigenvalue weighted by Gasteiger charge is 2.33. The van der Waals surface area contributed by atoms with E-state index in [0.717, 1.165) is 17.7 Å². The molecule has 3 heteroatoms. The largest absolute Gasteiger partial charge is 0.367 e. The molecular weight excluding hydrogens is 234 g/mol. The minimum atomic E-state index is 0.0258. The van der Waals surface area contributed by atoms with Crippen molar-refractivity contribution in [2.75, 3.05) is 11.4 Å². The first kappa shape index (κ1) is 12.9. The molecule has 0 spiro atoms. The van der Waals surface area contributed by atoms with Crippen molar-refractivity contribution < 1.29 is 0 Å². The average Bonchev–Trinajstić information content (AvgIpc) is 2.47. The van der Waals surface area contributed by atoms with Crippen LogP contribution >= 0.6 is 0 Å². The molecule has 2 heterocycles. The maximum atomic E-state index is 5.87. The van der Waals surface area contributed by atoms with Gasteiger partial charge in [0, 0.05) is 18.6 Å². The van der Waals surface area contributed by atoms with Crippen LogP contribution in [0.3, 0.4) is 0 Å². The molecule has 1 aromatic rings. The van der Waals surface area contributed by atoms with Gasteiger partial charge in [0.1, 0.15) is 0 Å². The van der Waals surface area contributed by atoms with Crippen LogP contribution in [0.5, 0.6) is 0 Å². The van der Waals surface area contributed by atoms with Gasteiger partial charge in [0.15, 0.2) is 0 Å². The Labute approximate surface area is 116 Å². The summed E-state index contributed by atoms with van der Waals surface area (Å²) in [5.41, 5.74) is 8.15. The number of fused-ring (bicyclic) bond motifs is 1. The normalized spacial score (nSPS) is 28.8. The van der Waals surface area contributed by atoms with Crippen LogP contribution in [0.1, 0.15) is 57.2 Å². The third-order valence-electron chi connectivity index (χ3n) is 4.81. The summed E-state index contributed by atoms with van der Waals surface area (Å²) < 4.78 is 0. The van der Waals surface area contributed by atoms with Crippen LogP contribution < -0.4 is 10.6 Å². The highest BCUT2D eigenvalue weighted by atomic mass is 15.2. The van der Waals surface area contributed by atoms with Crippen molar-refractivity contribution in [2.45, 2.75) is 57.5 Å². The smallest absolute Gasteiger partial charge is 0.0569 e. The lowest BCUT2D eigenvalue weighted by atomic mass is 9.78. The van der Waals surface area contributed by atoms with E-state index < -0.39 is 0 Å². The van der Waals surface area contributed by atoms with E-state index in [9.17, 15) is 0 Å². The molecule has 2 N–H and O–H groups in total. The van der Waals surface area contributed by atoms with Crippen LogP contribution in [0.25, 0.3) is 0 Å². The summed E-state index contributed by atoms with van der Waals surface area (Å²) in [5, 5.41) is 0. The third-order valence-corrected chi connectivity index (χ3v) is 4.81. The highest BCUT2D eigenvalue weighted by Crippen LogP contribution is 2.37. The summed E-state index contributed by atoms with van der Waals surface area (Å²) in [6.07, 6.45) is 10.4. The molecule has 104 valence electrons. The van der Waals surface area contributed by atoms with E-state index >= 15 is 0 Å². The molecule has 3 nitrogen and oxygen atoms in total. The van der Waals surface area contributed by atoms with E-state index in [-0.39, 0.29) is 6.04 Å². The molecular formula is C16H25N3. The summed E-state index contributed by atoms with van der Waals surface area (Å²) in [6, 6.07) is 5.08. The zero-order valence-corrected chi connectivity index (χ0v) is 11.9. The Balaban J connectivity index is 1.79. The fraction of sp³-hybridized carbons (Fsp3) is 0.688. The van der Waals surface area contributed by atoms with Gasteiger partial charge in [-0.15, -0.1) is 0 Å². The summed E-state index contributed by atoms with van der Waals surface area (Å²) in [6.45, 7) is 3.18. The second-order valence-electron chi connectivity index (χ2n) is 6.18. The Kier molecular flexibility index (Phi) is 3.74. The van der Waals surface area contributed by atoms with Crippen molar-refractivity contribution in [2.24, 2.45) is 11.7 Å². The molecule has 0 amide bonds. The Morgan fingerprint density at radius 2 is 2.00 bits per heavy atom. The predicted octanol–water partition coefficient (Wildman–Crippen LogP) is 3.26. The lowest BCUT2D eigenvalue weighted by molar-refractivity contribution is 0.243. The van der Waals surface area contributed by atoms with Gasteiger partial charge in [0.25, 0.3) is 0 Å². The standard InChI is InChI=1S/C16H25N3/c1-12(17)15-9-8-14(11-18-15)19-10-4-6-13-5-2-3-7-16(13)19/h8-9,11-13,16H,2-7,10,17H2,1H3/t12-,13?,16?/m0/s1. The number of nitrogens with two attached hydrogens (primary N) is 1. The fourth-order valence-electron chi connectivity index (χ4n) is 3.78. The van der Waals surface area contributed by atoms with Crippen LogP contribution in [0, 0.1) is 5.92 Å². The zero-order chi connectivity index (χ0) is 13.2. The Morgan fingerprint density at radius 1 is 1.21 bits per heavy atom. The van der Waals surface area contributed by atoms with Crippen LogP contribution in [0.15, 0.2) is 18.3 Å². The van der Waals surface area contributed by atoms with Crippen molar-refractivity contribution in [3.8, 4) is 0 Å². The van der Waals surface area contributed by atoms with Crippen LogP contribution in [0.4, 0.5) is 5.69 Å². The maximum Gasteiger partial charge on any atom is 0.0569 e. The Bertz CT molecular complexity index is 411. The highest BCUT2D eigenvalue weighted by molar-refractivity contribution is 5.46. The summed E-state index contributed by atoms with van der Waals surface area (Å²) in [5.74, 6) is 0.913. The number of nitrogens with zero attached hydrogens (tertiary/aromatic N) is 2. The van der Waals surface area contributed by atoms with Crippen molar-refractivity contribution in [1.82, 2.24) is 4.98 Å². The second kappa shape index (κ2) is 5.49. The molecule has 3 rings (SSSR count). The predicted molar refractivity (Wildman–Crippen MR) is 79.2 cm³/mol. The van der Waals surface area contributed by atoms with E-state index in [4.69, 9.17) is 5.73 Å². The molecule has 1 aliphatic carbocycles. The van der Waals surface area contributed by atoms with Gasteiger partial charge in [-0.1, -0.05) is 12.8 Å². The number of anilines is 1. The molecule has 2 fully saturated rings. The van der Waals surface area contributed by atoms with Crippen molar-refractivity contribution in [3.05, 3.63) is 24.0 Å². The number of rotatable bonds is 2. The third kappa shape index (κ3) is 2.62. The fourth-order valence-corrected chi connectivity index (χ4v) is 3.78. The lowest BCUT2D eigenvalue weighted by Crippen LogP contribution is -2.46. The number of pyridine rings is 1. The van der Waals surface area contributed by atoms with Crippen LogP contribution in [-0.4, -0.2) is 17.6 Å². The van der Waals surface area contributed by atoms with Gasteiger partial charge >= 0.3 is 0 Å². The SMILES string of the molecule is C[C@H](N)c1ccc(N2CCCC3CCCCC32)cn1. The molecule has 1 aliphatic heterocycles. The first-order chi connectivity index (χ1) is 9.25. The Hall–Kier alpha value is -1.09. The van der Waals surface area contributed by atoms with Crippen molar-refractivity contribution in [3.63, 3.8) is 0 Å². The van der Waals surface area contributed by atoms with Gasteiger partial charge in [-0.25, -0.2) is 0 Å². The van der Waals surface area contributed by atoms with E-state index in [1.54, 1.807) is 0 Å². The summed E-state index contributed by atoms with van der Waals surface area (Å²) >= 11 is 0. The number of piperidine rings is 1. The lowest BCUT2D eigenvalue weighted by Gasteiger charge is -2.45. The van der Waals surface area contributed by atoms with E-state index in [1.165, 1.54) is 50.8 Å². The van der Waals surface area contributed by atoms with Crippen LogP contribution in [-0.2, 0) is 0 Å². The topological polar surface area (TPSA) is 42.1 Å². The number of hydrogen-bond acceptors (Lipinski definition) is 3. The molecule has 1 aromatic heterocycles. The van der Waals surface area contributed by atoms with Gasteiger partial charge in [-0.3, -0.25) is 4.98 Å². The molecule has 1 saturated heterocycles. The van der Waals surface area contributed by atoms with Crippen molar-refractivity contribution >= 4 is 5.69 Å². The minimum Gasteiger partial charge on any atom is -0.367 e.